The van der Waals surface area contributed by atoms with Crippen LogP contribution in [0.5, 0.6) is 5.75 Å². The van der Waals surface area contributed by atoms with Crippen LogP contribution in [0.2, 0.25) is 0 Å². The molecule has 0 aliphatic carbocycles. The third-order valence-electron chi connectivity index (χ3n) is 2.91. The van der Waals surface area contributed by atoms with Crippen LogP contribution in [0.1, 0.15) is 15.9 Å². The van der Waals surface area contributed by atoms with Gasteiger partial charge in [0.25, 0.3) is 5.91 Å². The number of aromatic nitrogens is 1. The maximum Gasteiger partial charge on any atom is 0.256 e. The van der Waals surface area contributed by atoms with Gasteiger partial charge in [0.05, 0.1) is 6.61 Å². The van der Waals surface area contributed by atoms with Crippen LogP contribution in [0, 0.1) is 5.95 Å². The van der Waals surface area contributed by atoms with Crippen LogP contribution < -0.4 is 10.1 Å². The number of amides is 1. The summed E-state index contributed by atoms with van der Waals surface area (Å²) in [6, 6.07) is 9.50. The SMILES string of the molecule is O=C(Nc1cccc(F)n1)c1ccc2c(c1)CCO2. The van der Waals surface area contributed by atoms with E-state index in [0.29, 0.717) is 12.2 Å². The number of carbonyl (C=O) groups is 1. The highest BCUT2D eigenvalue weighted by molar-refractivity contribution is 6.04. The molecule has 1 aliphatic heterocycles. The smallest absolute Gasteiger partial charge is 0.256 e. The summed E-state index contributed by atoms with van der Waals surface area (Å²) in [5.41, 5.74) is 1.52. The Bertz CT molecular complexity index is 643. The first-order valence-corrected chi connectivity index (χ1v) is 5.92. The molecule has 2 aromatic rings. The van der Waals surface area contributed by atoms with Crippen LogP contribution in [-0.2, 0) is 6.42 Å². The lowest BCUT2D eigenvalue weighted by Gasteiger charge is -2.05. The maximum absolute atomic E-state index is 12.9. The number of hydrogen-bond donors (Lipinski definition) is 1. The number of carbonyl (C=O) groups excluding carboxylic acids is 1. The zero-order valence-corrected chi connectivity index (χ0v) is 10.0. The Labute approximate surface area is 109 Å². The minimum atomic E-state index is -0.625. The molecule has 0 atom stereocenters. The average Bonchev–Trinajstić information content (AvgIpc) is 2.85. The van der Waals surface area contributed by atoms with E-state index >= 15 is 0 Å². The average molecular weight is 258 g/mol. The number of nitrogens with one attached hydrogen (secondary N) is 1. The topological polar surface area (TPSA) is 51.2 Å². The van der Waals surface area contributed by atoms with Crippen molar-refractivity contribution < 1.29 is 13.9 Å². The number of benzene rings is 1. The van der Waals surface area contributed by atoms with Crippen LogP contribution in [0.15, 0.2) is 36.4 Å². The summed E-state index contributed by atoms with van der Waals surface area (Å²) in [7, 11) is 0. The Morgan fingerprint density at radius 2 is 2.21 bits per heavy atom. The van der Waals surface area contributed by atoms with Crippen LogP contribution in [0.4, 0.5) is 10.2 Å². The quantitative estimate of drug-likeness (QED) is 0.841. The monoisotopic (exact) mass is 258 g/mol. The van der Waals surface area contributed by atoms with E-state index < -0.39 is 5.95 Å². The molecule has 0 spiro atoms. The van der Waals surface area contributed by atoms with Gasteiger partial charge in [-0.15, -0.1) is 0 Å². The van der Waals surface area contributed by atoms with Crippen LogP contribution >= 0.6 is 0 Å². The van der Waals surface area contributed by atoms with E-state index in [0.717, 1.165) is 17.7 Å². The molecule has 0 fully saturated rings. The van der Waals surface area contributed by atoms with Crippen molar-refractivity contribution in [2.24, 2.45) is 0 Å². The minimum absolute atomic E-state index is 0.196. The predicted octanol–water partition coefficient (Wildman–Crippen LogP) is 2.41. The van der Waals surface area contributed by atoms with Gasteiger partial charge in [-0.05, 0) is 35.9 Å². The molecule has 2 heterocycles. The molecule has 0 bridgehead atoms. The highest BCUT2D eigenvalue weighted by Crippen LogP contribution is 2.26. The van der Waals surface area contributed by atoms with Crippen molar-refractivity contribution in [2.45, 2.75) is 6.42 Å². The Morgan fingerprint density at radius 3 is 3.05 bits per heavy atom. The lowest BCUT2D eigenvalue weighted by atomic mass is 10.1. The Balaban J connectivity index is 1.81. The molecule has 0 saturated heterocycles. The summed E-state index contributed by atoms with van der Waals surface area (Å²) in [4.78, 5) is 15.6. The van der Waals surface area contributed by atoms with Gasteiger partial charge in [-0.1, -0.05) is 6.07 Å². The van der Waals surface area contributed by atoms with Gasteiger partial charge in [0.15, 0.2) is 0 Å². The number of fused-ring (bicyclic) bond motifs is 1. The predicted molar refractivity (Wildman–Crippen MR) is 67.8 cm³/mol. The van der Waals surface area contributed by atoms with Gasteiger partial charge in [-0.25, -0.2) is 4.98 Å². The standard InChI is InChI=1S/C14H11FN2O2/c15-12-2-1-3-13(16-12)17-14(18)10-4-5-11-9(8-10)6-7-19-11/h1-5,8H,6-7H2,(H,16,17,18). The second-order valence-corrected chi connectivity index (χ2v) is 4.22. The molecular weight excluding hydrogens is 247 g/mol. The van der Waals surface area contributed by atoms with Crippen molar-refractivity contribution in [3.8, 4) is 5.75 Å². The molecule has 0 saturated carbocycles. The van der Waals surface area contributed by atoms with E-state index in [1.54, 1.807) is 18.2 Å². The molecule has 1 amide bonds. The molecule has 19 heavy (non-hydrogen) atoms. The van der Waals surface area contributed by atoms with Crippen molar-refractivity contribution >= 4 is 11.7 Å². The Morgan fingerprint density at radius 1 is 1.32 bits per heavy atom. The molecule has 5 heteroatoms. The highest BCUT2D eigenvalue weighted by atomic mass is 19.1. The Kier molecular flexibility index (Phi) is 2.87. The molecule has 1 N–H and O–H groups in total. The zero-order chi connectivity index (χ0) is 13.2. The van der Waals surface area contributed by atoms with Crippen molar-refractivity contribution in [2.75, 3.05) is 11.9 Å². The summed E-state index contributed by atoms with van der Waals surface area (Å²) >= 11 is 0. The number of halogens is 1. The second kappa shape index (κ2) is 4.68. The fourth-order valence-corrected chi connectivity index (χ4v) is 1.99. The van der Waals surface area contributed by atoms with Gasteiger partial charge in [-0.2, -0.15) is 4.39 Å². The van der Waals surface area contributed by atoms with Gasteiger partial charge in [0.1, 0.15) is 11.6 Å². The van der Waals surface area contributed by atoms with Crippen LogP contribution in [0.25, 0.3) is 0 Å². The van der Waals surface area contributed by atoms with E-state index in [1.165, 1.54) is 18.2 Å². The molecule has 1 aromatic carbocycles. The van der Waals surface area contributed by atoms with Gasteiger partial charge < -0.3 is 10.1 Å². The summed E-state index contributed by atoms with van der Waals surface area (Å²) < 4.78 is 18.3. The van der Waals surface area contributed by atoms with Crippen molar-refractivity contribution in [3.63, 3.8) is 0 Å². The summed E-state index contributed by atoms with van der Waals surface area (Å²) in [5, 5.41) is 2.56. The highest BCUT2D eigenvalue weighted by Gasteiger charge is 2.15. The number of hydrogen-bond acceptors (Lipinski definition) is 3. The molecule has 1 aromatic heterocycles. The fraction of sp³-hybridized carbons (Fsp3) is 0.143. The first-order chi connectivity index (χ1) is 9.22. The van der Waals surface area contributed by atoms with Crippen LogP contribution in [-0.4, -0.2) is 17.5 Å². The summed E-state index contributed by atoms with van der Waals surface area (Å²) in [5.74, 6) is 0.0788. The molecule has 0 radical (unpaired) electrons. The van der Waals surface area contributed by atoms with Crippen LogP contribution in [0.3, 0.4) is 0 Å². The normalized spacial score (nSPS) is 12.7. The van der Waals surface area contributed by atoms with Gasteiger partial charge in [0, 0.05) is 12.0 Å². The fourth-order valence-electron chi connectivity index (χ4n) is 1.99. The third-order valence-corrected chi connectivity index (χ3v) is 2.91. The van der Waals surface area contributed by atoms with E-state index in [9.17, 15) is 9.18 Å². The maximum atomic E-state index is 12.9. The summed E-state index contributed by atoms with van der Waals surface area (Å²) in [6.07, 6.45) is 0.800. The van der Waals surface area contributed by atoms with Crippen molar-refractivity contribution in [1.82, 2.24) is 4.98 Å². The van der Waals surface area contributed by atoms with E-state index in [4.69, 9.17) is 4.74 Å². The number of anilines is 1. The Hall–Kier alpha value is -2.43. The molecule has 96 valence electrons. The van der Waals surface area contributed by atoms with E-state index in [2.05, 4.69) is 10.3 Å². The number of ether oxygens (including phenoxy) is 1. The van der Waals surface area contributed by atoms with Crippen molar-refractivity contribution in [1.29, 1.82) is 0 Å². The zero-order valence-electron chi connectivity index (χ0n) is 10.0. The molecule has 4 nitrogen and oxygen atoms in total. The number of pyridine rings is 1. The minimum Gasteiger partial charge on any atom is -0.493 e. The number of nitrogens with zero attached hydrogens (tertiary/aromatic N) is 1. The van der Waals surface area contributed by atoms with Gasteiger partial charge in [-0.3, -0.25) is 4.79 Å². The second-order valence-electron chi connectivity index (χ2n) is 4.22. The third kappa shape index (κ3) is 2.40. The molecule has 0 unspecified atom stereocenters. The lowest BCUT2D eigenvalue weighted by molar-refractivity contribution is 0.102. The van der Waals surface area contributed by atoms with E-state index in [1.807, 2.05) is 0 Å². The van der Waals surface area contributed by atoms with Gasteiger partial charge in [0.2, 0.25) is 5.95 Å². The van der Waals surface area contributed by atoms with E-state index in [-0.39, 0.29) is 11.7 Å². The lowest BCUT2D eigenvalue weighted by Crippen LogP contribution is -2.13. The van der Waals surface area contributed by atoms with Crippen molar-refractivity contribution in [3.05, 3.63) is 53.5 Å². The first-order valence-electron chi connectivity index (χ1n) is 5.92. The number of rotatable bonds is 2. The summed E-state index contributed by atoms with van der Waals surface area (Å²) in [6.45, 7) is 0.645. The largest absolute Gasteiger partial charge is 0.493 e. The molecule has 1 aliphatic rings. The molecule has 3 rings (SSSR count). The first kappa shape index (κ1) is 11.6. The van der Waals surface area contributed by atoms with Gasteiger partial charge >= 0.3 is 0 Å². The molecular formula is C14H11FN2O2.